The van der Waals surface area contributed by atoms with Crippen LogP contribution in [0.2, 0.25) is 0 Å². The number of carbonyl (C=O) groups is 3. The molecule has 1 aromatic heterocycles. The first kappa shape index (κ1) is 23.1. The average Bonchev–Trinajstić information content (AvgIpc) is 3.11. The van der Waals surface area contributed by atoms with Crippen molar-refractivity contribution >= 4 is 35.0 Å². The van der Waals surface area contributed by atoms with Crippen molar-refractivity contribution in [2.24, 2.45) is 0 Å². The molecule has 1 aliphatic heterocycles. The van der Waals surface area contributed by atoms with E-state index in [1.807, 2.05) is 0 Å². The number of thioether (sulfide) groups is 1. The zero-order valence-electron chi connectivity index (χ0n) is 18.1. The van der Waals surface area contributed by atoms with E-state index in [0.29, 0.717) is 22.0 Å². The number of ether oxygens (including phenoxy) is 2. The number of aromatic nitrogens is 1. The van der Waals surface area contributed by atoms with Crippen molar-refractivity contribution in [2.75, 3.05) is 7.11 Å². The minimum atomic E-state index is -0.986. The number of benzene rings is 2. The molecule has 34 heavy (non-hydrogen) atoms. The Morgan fingerprint density at radius 3 is 2.44 bits per heavy atom. The Kier molecular flexibility index (Phi) is 6.93. The highest BCUT2D eigenvalue weighted by molar-refractivity contribution is 8.18. The molecule has 2 amide bonds. The predicted octanol–water partition coefficient (Wildman–Crippen LogP) is 4.60. The summed E-state index contributed by atoms with van der Waals surface area (Å²) >= 11 is 0.893. The highest BCUT2D eigenvalue weighted by Crippen LogP contribution is 2.35. The number of carboxylic acids is 1. The lowest BCUT2D eigenvalue weighted by Gasteiger charge is -2.12. The van der Waals surface area contributed by atoms with Crippen molar-refractivity contribution in [3.8, 4) is 11.5 Å². The molecule has 0 radical (unpaired) electrons. The zero-order valence-corrected chi connectivity index (χ0v) is 19.0. The molecule has 2 aromatic carbocycles. The summed E-state index contributed by atoms with van der Waals surface area (Å²) in [5.74, 6) is -0.379. The van der Waals surface area contributed by atoms with E-state index >= 15 is 0 Å². The van der Waals surface area contributed by atoms with Gasteiger partial charge < -0.3 is 14.6 Å². The highest BCUT2D eigenvalue weighted by atomic mass is 32.2. The van der Waals surface area contributed by atoms with Crippen LogP contribution >= 0.6 is 11.8 Å². The SMILES string of the molecule is COc1cc(/C=C2\SC(=O)N(Cc3ccncc3)C2=O)ccc1OCc1ccc(C(=O)O)cc1. The second kappa shape index (κ2) is 10.2. The van der Waals surface area contributed by atoms with Gasteiger partial charge in [-0.15, -0.1) is 0 Å². The smallest absolute Gasteiger partial charge is 0.335 e. The van der Waals surface area contributed by atoms with Crippen LogP contribution in [0.3, 0.4) is 0 Å². The summed E-state index contributed by atoms with van der Waals surface area (Å²) in [6.07, 6.45) is 4.88. The molecule has 172 valence electrons. The topological polar surface area (TPSA) is 106 Å². The molecule has 0 spiro atoms. The van der Waals surface area contributed by atoms with Gasteiger partial charge in [0.2, 0.25) is 0 Å². The highest BCUT2D eigenvalue weighted by Gasteiger charge is 2.35. The van der Waals surface area contributed by atoms with Gasteiger partial charge in [-0.05, 0) is 70.9 Å². The molecule has 1 saturated heterocycles. The molecule has 8 nitrogen and oxygen atoms in total. The van der Waals surface area contributed by atoms with E-state index in [1.165, 1.54) is 24.1 Å². The Bertz CT molecular complexity index is 1260. The van der Waals surface area contributed by atoms with E-state index in [0.717, 1.165) is 22.9 Å². The molecule has 0 atom stereocenters. The molecular formula is C25H20N2O6S. The summed E-state index contributed by atoms with van der Waals surface area (Å²) in [6, 6.07) is 15.1. The van der Waals surface area contributed by atoms with Crippen LogP contribution in [0, 0.1) is 0 Å². The molecular weight excluding hydrogens is 456 g/mol. The summed E-state index contributed by atoms with van der Waals surface area (Å²) in [5, 5.41) is 8.67. The van der Waals surface area contributed by atoms with Crippen molar-refractivity contribution in [3.63, 3.8) is 0 Å². The van der Waals surface area contributed by atoms with Crippen LogP contribution in [-0.4, -0.2) is 39.2 Å². The van der Waals surface area contributed by atoms with E-state index in [4.69, 9.17) is 14.6 Å². The van der Waals surface area contributed by atoms with Crippen molar-refractivity contribution in [1.82, 2.24) is 9.88 Å². The van der Waals surface area contributed by atoms with Crippen LogP contribution in [0.15, 0.2) is 71.9 Å². The van der Waals surface area contributed by atoms with Crippen LogP contribution in [0.4, 0.5) is 4.79 Å². The number of carbonyl (C=O) groups excluding carboxylic acids is 2. The lowest BCUT2D eigenvalue weighted by molar-refractivity contribution is -0.123. The van der Waals surface area contributed by atoms with Gasteiger partial charge in [-0.3, -0.25) is 19.5 Å². The van der Waals surface area contributed by atoms with Gasteiger partial charge in [-0.1, -0.05) is 18.2 Å². The fourth-order valence-electron chi connectivity index (χ4n) is 3.26. The van der Waals surface area contributed by atoms with Gasteiger partial charge in [-0.2, -0.15) is 0 Å². The number of carboxylic acid groups (broad SMARTS) is 1. The third-order valence-electron chi connectivity index (χ3n) is 5.04. The minimum absolute atomic E-state index is 0.189. The Morgan fingerprint density at radius 1 is 1.03 bits per heavy atom. The van der Waals surface area contributed by atoms with Crippen molar-refractivity contribution in [1.29, 1.82) is 0 Å². The first-order chi connectivity index (χ1) is 16.4. The van der Waals surface area contributed by atoms with Crippen LogP contribution in [-0.2, 0) is 17.9 Å². The summed E-state index contributed by atoms with van der Waals surface area (Å²) < 4.78 is 11.3. The molecule has 3 aromatic rings. The van der Waals surface area contributed by atoms with Crippen LogP contribution < -0.4 is 9.47 Å². The maximum Gasteiger partial charge on any atom is 0.335 e. The monoisotopic (exact) mass is 476 g/mol. The maximum atomic E-state index is 12.8. The number of nitrogens with zero attached hydrogens (tertiary/aromatic N) is 2. The number of pyridine rings is 1. The predicted molar refractivity (Wildman–Crippen MR) is 126 cm³/mol. The van der Waals surface area contributed by atoms with Crippen molar-refractivity contribution in [2.45, 2.75) is 13.2 Å². The fourth-order valence-corrected chi connectivity index (χ4v) is 4.09. The molecule has 0 aliphatic carbocycles. The molecule has 0 saturated carbocycles. The van der Waals surface area contributed by atoms with Crippen LogP contribution in [0.25, 0.3) is 6.08 Å². The molecule has 2 heterocycles. The van der Waals surface area contributed by atoms with E-state index < -0.39 is 5.97 Å². The normalized spacial score (nSPS) is 14.5. The van der Waals surface area contributed by atoms with Gasteiger partial charge in [-0.25, -0.2) is 4.79 Å². The second-order valence-electron chi connectivity index (χ2n) is 7.32. The number of amides is 2. The molecule has 1 N–H and O–H groups in total. The van der Waals surface area contributed by atoms with E-state index in [-0.39, 0.29) is 29.9 Å². The number of methoxy groups -OCH3 is 1. The molecule has 9 heteroatoms. The van der Waals surface area contributed by atoms with Crippen molar-refractivity contribution in [3.05, 3.63) is 94.1 Å². The first-order valence-electron chi connectivity index (χ1n) is 10.2. The van der Waals surface area contributed by atoms with Gasteiger partial charge in [0.05, 0.1) is 24.1 Å². The minimum Gasteiger partial charge on any atom is -0.493 e. The third-order valence-corrected chi connectivity index (χ3v) is 5.95. The quantitative estimate of drug-likeness (QED) is 0.470. The molecule has 1 fully saturated rings. The fraction of sp³-hybridized carbons (Fsp3) is 0.120. The summed E-state index contributed by atoms with van der Waals surface area (Å²) in [5.41, 5.74) is 2.51. The number of hydrogen-bond acceptors (Lipinski definition) is 7. The Balaban J connectivity index is 1.46. The van der Waals surface area contributed by atoms with Gasteiger partial charge in [0, 0.05) is 12.4 Å². The molecule has 4 rings (SSSR count). The largest absolute Gasteiger partial charge is 0.493 e. The van der Waals surface area contributed by atoms with Gasteiger partial charge in [0.15, 0.2) is 11.5 Å². The van der Waals surface area contributed by atoms with Crippen LogP contribution in [0.5, 0.6) is 11.5 Å². The molecule has 1 aliphatic rings. The Hall–Kier alpha value is -4.11. The lowest BCUT2D eigenvalue weighted by Crippen LogP contribution is -2.27. The third kappa shape index (κ3) is 5.26. The molecule has 0 unspecified atom stereocenters. The van der Waals surface area contributed by atoms with E-state index in [1.54, 1.807) is 60.9 Å². The summed E-state index contributed by atoms with van der Waals surface area (Å²) in [4.78, 5) is 41.6. The van der Waals surface area contributed by atoms with Gasteiger partial charge >= 0.3 is 5.97 Å². The van der Waals surface area contributed by atoms with Crippen LogP contribution in [0.1, 0.15) is 27.0 Å². The van der Waals surface area contributed by atoms with Gasteiger partial charge in [0.1, 0.15) is 6.61 Å². The standard InChI is InChI=1S/C25H20N2O6S/c1-32-21-12-18(4-7-20(21)33-15-17-2-5-19(6-3-17)24(29)30)13-22-23(28)27(25(31)34-22)14-16-8-10-26-11-9-16/h2-13H,14-15H2,1H3,(H,29,30)/b22-13-. The second-order valence-corrected chi connectivity index (χ2v) is 8.32. The Morgan fingerprint density at radius 2 is 1.76 bits per heavy atom. The average molecular weight is 477 g/mol. The number of hydrogen-bond donors (Lipinski definition) is 1. The van der Waals surface area contributed by atoms with Crippen molar-refractivity contribution < 1.29 is 29.0 Å². The lowest BCUT2D eigenvalue weighted by atomic mass is 10.1. The van der Waals surface area contributed by atoms with E-state index in [2.05, 4.69) is 4.98 Å². The zero-order chi connectivity index (χ0) is 24.1. The first-order valence-corrected chi connectivity index (χ1v) is 11.0. The number of aromatic carboxylic acids is 1. The summed E-state index contributed by atoms with van der Waals surface area (Å²) in [7, 11) is 1.51. The summed E-state index contributed by atoms with van der Waals surface area (Å²) in [6.45, 7) is 0.414. The Labute approximate surface area is 199 Å². The molecule has 0 bridgehead atoms. The number of imide groups is 1. The van der Waals surface area contributed by atoms with E-state index in [9.17, 15) is 14.4 Å². The maximum absolute atomic E-state index is 12.8. The number of rotatable bonds is 8. The van der Waals surface area contributed by atoms with Gasteiger partial charge in [0.25, 0.3) is 11.1 Å².